The molecule has 0 unspecified atom stereocenters. The van der Waals surface area contributed by atoms with Gasteiger partial charge in [0.2, 0.25) is 0 Å². The Bertz CT molecular complexity index is 91.2. The lowest BCUT2D eigenvalue weighted by molar-refractivity contribution is -0.119. The van der Waals surface area contributed by atoms with Crippen LogP contribution in [0.5, 0.6) is 0 Å². The van der Waals surface area contributed by atoms with Crippen LogP contribution in [0.4, 0.5) is 4.39 Å². The van der Waals surface area contributed by atoms with Crippen LogP contribution < -0.4 is 0 Å². The van der Waals surface area contributed by atoms with Crippen molar-refractivity contribution in [2.24, 2.45) is 0 Å². The maximum absolute atomic E-state index is 12.4. The fraction of sp³-hybridized carbons (Fsp3) is 0.833. The SMILES string of the molecule is CC(=O)CC(C)(C)F. The van der Waals surface area contributed by atoms with Crippen LogP contribution in [0.2, 0.25) is 0 Å². The summed E-state index contributed by atoms with van der Waals surface area (Å²) in [7, 11) is 0. The molecule has 0 aromatic rings. The number of Topliss-reactive ketones (excluding diaryl/α,β-unsaturated/α-hetero) is 1. The van der Waals surface area contributed by atoms with E-state index in [1.54, 1.807) is 0 Å². The molecule has 0 bridgehead atoms. The molecular formula is C6H11FO. The summed E-state index contributed by atoms with van der Waals surface area (Å²) in [6.45, 7) is 4.18. The number of carbonyl (C=O) groups is 1. The molecule has 0 atom stereocenters. The van der Waals surface area contributed by atoms with Gasteiger partial charge in [0.15, 0.2) is 0 Å². The molecule has 0 aromatic heterocycles. The molecule has 2 heteroatoms. The molecule has 0 fully saturated rings. The molecule has 0 N–H and O–H groups in total. The van der Waals surface area contributed by atoms with E-state index in [1.165, 1.54) is 20.8 Å². The summed E-state index contributed by atoms with van der Waals surface area (Å²) in [5.74, 6) is -0.0995. The second kappa shape index (κ2) is 2.25. The van der Waals surface area contributed by atoms with Crippen LogP contribution in [-0.4, -0.2) is 11.5 Å². The highest BCUT2D eigenvalue weighted by Crippen LogP contribution is 2.12. The Labute approximate surface area is 48.9 Å². The van der Waals surface area contributed by atoms with Crippen molar-refractivity contribution in [3.8, 4) is 0 Å². The maximum atomic E-state index is 12.4. The number of hydrogen-bond donors (Lipinski definition) is 0. The summed E-state index contributed by atoms with van der Waals surface area (Å²) in [5, 5.41) is 0. The Morgan fingerprint density at radius 3 is 2.00 bits per heavy atom. The number of carbonyl (C=O) groups excluding carboxylic acids is 1. The highest BCUT2D eigenvalue weighted by molar-refractivity contribution is 5.76. The molecule has 1 nitrogen and oxygen atoms in total. The molecule has 0 saturated carbocycles. The number of ketones is 1. The quantitative estimate of drug-likeness (QED) is 0.539. The van der Waals surface area contributed by atoms with Gasteiger partial charge in [-0.2, -0.15) is 0 Å². The van der Waals surface area contributed by atoms with Gasteiger partial charge in [0.05, 0.1) is 0 Å². The molecular weight excluding hydrogens is 107 g/mol. The zero-order chi connectivity index (χ0) is 6.78. The smallest absolute Gasteiger partial charge is 0.133 e. The van der Waals surface area contributed by atoms with E-state index in [0.29, 0.717) is 0 Å². The van der Waals surface area contributed by atoms with Gasteiger partial charge >= 0.3 is 0 Å². The first-order valence-electron chi connectivity index (χ1n) is 2.60. The van der Waals surface area contributed by atoms with Gasteiger partial charge in [-0.05, 0) is 20.8 Å². The second-order valence-corrected chi connectivity index (χ2v) is 2.60. The van der Waals surface area contributed by atoms with E-state index in [2.05, 4.69) is 0 Å². The van der Waals surface area contributed by atoms with Crippen LogP contribution in [0.25, 0.3) is 0 Å². The monoisotopic (exact) mass is 118 g/mol. The average molecular weight is 118 g/mol. The lowest BCUT2D eigenvalue weighted by atomic mass is 10.1. The Morgan fingerprint density at radius 1 is 1.62 bits per heavy atom. The molecule has 0 saturated heterocycles. The molecule has 0 aliphatic rings. The maximum Gasteiger partial charge on any atom is 0.133 e. The summed E-state index contributed by atoms with van der Waals surface area (Å²) in [6, 6.07) is 0. The summed E-state index contributed by atoms with van der Waals surface area (Å²) >= 11 is 0. The van der Waals surface area contributed by atoms with Gasteiger partial charge in [0.1, 0.15) is 11.5 Å². The standard InChI is InChI=1S/C6H11FO/c1-5(8)4-6(2,3)7/h4H2,1-3H3. The highest BCUT2D eigenvalue weighted by Gasteiger charge is 2.16. The van der Waals surface area contributed by atoms with E-state index in [9.17, 15) is 9.18 Å². The average Bonchev–Trinajstić information content (AvgIpc) is 1.21. The minimum Gasteiger partial charge on any atom is -0.300 e. The molecule has 8 heavy (non-hydrogen) atoms. The Morgan fingerprint density at radius 2 is 2.00 bits per heavy atom. The van der Waals surface area contributed by atoms with Gasteiger partial charge in [-0.3, -0.25) is 4.79 Å². The van der Waals surface area contributed by atoms with Crippen LogP contribution in [0.15, 0.2) is 0 Å². The summed E-state index contributed by atoms with van der Waals surface area (Å²) in [5.41, 5.74) is -1.33. The van der Waals surface area contributed by atoms with E-state index in [1.807, 2.05) is 0 Å². The van der Waals surface area contributed by atoms with E-state index >= 15 is 0 Å². The Kier molecular flexibility index (Phi) is 2.13. The van der Waals surface area contributed by atoms with Crippen LogP contribution in [0.1, 0.15) is 27.2 Å². The molecule has 48 valence electrons. The first kappa shape index (κ1) is 7.60. The molecule has 0 aliphatic carbocycles. The summed E-state index contributed by atoms with van der Waals surface area (Å²) < 4.78 is 12.4. The van der Waals surface area contributed by atoms with Gasteiger partial charge < -0.3 is 0 Å². The topological polar surface area (TPSA) is 17.1 Å². The molecule has 0 heterocycles. The van der Waals surface area contributed by atoms with Crippen molar-refractivity contribution in [2.45, 2.75) is 32.9 Å². The van der Waals surface area contributed by atoms with Crippen LogP contribution in [0, 0.1) is 0 Å². The van der Waals surface area contributed by atoms with Crippen molar-refractivity contribution in [2.75, 3.05) is 0 Å². The Hall–Kier alpha value is -0.400. The minimum atomic E-state index is -1.33. The predicted octanol–water partition coefficient (Wildman–Crippen LogP) is 1.71. The third-order valence-corrected chi connectivity index (χ3v) is 0.669. The fourth-order valence-corrected chi connectivity index (χ4v) is 0.592. The molecule has 0 aromatic carbocycles. The van der Waals surface area contributed by atoms with Crippen molar-refractivity contribution in [3.63, 3.8) is 0 Å². The number of alkyl halides is 1. The van der Waals surface area contributed by atoms with Gasteiger partial charge in [0.25, 0.3) is 0 Å². The molecule has 0 rings (SSSR count). The van der Waals surface area contributed by atoms with Gasteiger partial charge in [-0.25, -0.2) is 4.39 Å². The summed E-state index contributed by atoms with van der Waals surface area (Å²) in [4.78, 5) is 10.2. The number of halogens is 1. The van der Waals surface area contributed by atoms with E-state index in [4.69, 9.17) is 0 Å². The highest BCUT2D eigenvalue weighted by atomic mass is 19.1. The van der Waals surface area contributed by atoms with Crippen LogP contribution in [0.3, 0.4) is 0 Å². The van der Waals surface area contributed by atoms with E-state index in [-0.39, 0.29) is 12.2 Å². The Balaban J connectivity index is 3.55. The molecule has 0 radical (unpaired) electrons. The van der Waals surface area contributed by atoms with Gasteiger partial charge in [-0.15, -0.1) is 0 Å². The first-order chi connectivity index (χ1) is 3.42. The molecule has 0 spiro atoms. The van der Waals surface area contributed by atoms with E-state index in [0.717, 1.165) is 0 Å². The third-order valence-electron chi connectivity index (χ3n) is 0.669. The van der Waals surface area contributed by atoms with Crippen molar-refractivity contribution in [1.82, 2.24) is 0 Å². The predicted molar refractivity (Wildman–Crippen MR) is 30.5 cm³/mol. The summed E-state index contributed by atoms with van der Waals surface area (Å²) in [6.07, 6.45) is 0.0208. The molecule has 0 aliphatic heterocycles. The lowest BCUT2D eigenvalue weighted by Crippen LogP contribution is -2.15. The van der Waals surface area contributed by atoms with Gasteiger partial charge in [-0.1, -0.05) is 0 Å². The third kappa shape index (κ3) is 5.60. The zero-order valence-corrected chi connectivity index (χ0v) is 5.49. The molecule has 0 amide bonds. The minimum absolute atomic E-state index is 0.0208. The van der Waals surface area contributed by atoms with Crippen molar-refractivity contribution >= 4 is 5.78 Å². The van der Waals surface area contributed by atoms with Crippen molar-refractivity contribution < 1.29 is 9.18 Å². The number of rotatable bonds is 2. The fourth-order valence-electron chi connectivity index (χ4n) is 0.592. The normalized spacial score (nSPS) is 11.5. The first-order valence-corrected chi connectivity index (χ1v) is 2.60. The number of hydrogen-bond acceptors (Lipinski definition) is 1. The van der Waals surface area contributed by atoms with E-state index < -0.39 is 5.67 Å². The van der Waals surface area contributed by atoms with Gasteiger partial charge in [0, 0.05) is 6.42 Å². The lowest BCUT2D eigenvalue weighted by Gasteiger charge is -2.09. The van der Waals surface area contributed by atoms with Crippen molar-refractivity contribution in [3.05, 3.63) is 0 Å². The largest absolute Gasteiger partial charge is 0.300 e. The second-order valence-electron chi connectivity index (χ2n) is 2.60. The van der Waals surface area contributed by atoms with Crippen LogP contribution in [-0.2, 0) is 4.79 Å². The van der Waals surface area contributed by atoms with Crippen molar-refractivity contribution in [1.29, 1.82) is 0 Å². The van der Waals surface area contributed by atoms with Crippen LogP contribution >= 0.6 is 0 Å². The zero-order valence-electron chi connectivity index (χ0n) is 5.49.